The van der Waals surface area contributed by atoms with Crippen molar-refractivity contribution in [3.63, 3.8) is 0 Å². The van der Waals surface area contributed by atoms with Crippen molar-refractivity contribution < 1.29 is 19.4 Å². The van der Waals surface area contributed by atoms with Crippen LogP contribution in [0.3, 0.4) is 0 Å². The molecule has 0 bridgehead atoms. The van der Waals surface area contributed by atoms with Crippen LogP contribution in [0.5, 0.6) is 0 Å². The summed E-state index contributed by atoms with van der Waals surface area (Å²) in [6.45, 7) is 9.50. The molecule has 5 heterocycles. The Morgan fingerprint density at radius 3 is 2.49 bits per heavy atom. The second kappa shape index (κ2) is 11.5. The summed E-state index contributed by atoms with van der Waals surface area (Å²) in [5, 5.41) is 13.7. The highest BCUT2D eigenvalue weighted by atomic mass is 16.5. The van der Waals surface area contributed by atoms with Gasteiger partial charge in [-0.05, 0) is 58.9 Å². The van der Waals surface area contributed by atoms with Gasteiger partial charge in [0.15, 0.2) is 0 Å². The second-order valence-electron chi connectivity index (χ2n) is 14.1. The molecule has 7 rings (SSSR count). The molecule has 3 aliphatic heterocycles. The maximum atomic E-state index is 13.8. The van der Waals surface area contributed by atoms with Crippen LogP contribution in [0, 0.1) is 5.41 Å². The zero-order valence-electron chi connectivity index (χ0n) is 27.2. The van der Waals surface area contributed by atoms with Gasteiger partial charge in [0.2, 0.25) is 0 Å². The first kappa shape index (κ1) is 30.8. The van der Waals surface area contributed by atoms with E-state index in [2.05, 4.69) is 37.1 Å². The number of carbonyl (C=O) groups excluding carboxylic acids is 2. The molecule has 10 nitrogen and oxygen atoms in total. The lowest BCUT2D eigenvalue weighted by Gasteiger charge is -2.54. The van der Waals surface area contributed by atoms with Crippen molar-refractivity contribution in [1.82, 2.24) is 14.5 Å². The van der Waals surface area contributed by atoms with Crippen LogP contribution in [-0.2, 0) is 30.2 Å². The van der Waals surface area contributed by atoms with E-state index >= 15 is 0 Å². The summed E-state index contributed by atoms with van der Waals surface area (Å²) in [5.74, 6) is 0.257. The molecule has 47 heavy (non-hydrogen) atoms. The van der Waals surface area contributed by atoms with Crippen molar-refractivity contribution in [2.24, 2.45) is 12.5 Å². The fourth-order valence-corrected chi connectivity index (χ4v) is 6.79. The number of aliphatic hydroxyl groups is 1. The monoisotopic (exact) mass is 633 g/mol. The summed E-state index contributed by atoms with van der Waals surface area (Å²) in [6, 6.07) is 16.8. The molecule has 2 aromatic carbocycles. The number of aliphatic hydroxyl groups excluding tert-OH is 1. The minimum Gasteiger partial charge on any atom is -0.392 e. The van der Waals surface area contributed by atoms with Gasteiger partial charge in [0.1, 0.15) is 11.5 Å². The van der Waals surface area contributed by atoms with Gasteiger partial charge in [0.05, 0.1) is 36.5 Å². The molecule has 0 atom stereocenters. The topological polar surface area (TPSA) is 117 Å². The number of carbonyl (C=O) groups is 2. The summed E-state index contributed by atoms with van der Waals surface area (Å²) in [5.41, 5.74) is 6.19. The summed E-state index contributed by atoms with van der Waals surface area (Å²) in [6.07, 6.45) is 3.95. The highest BCUT2D eigenvalue weighted by Gasteiger charge is 2.50. The third-order valence-corrected chi connectivity index (χ3v) is 9.58. The van der Waals surface area contributed by atoms with Crippen LogP contribution in [0.15, 0.2) is 71.8 Å². The van der Waals surface area contributed by atoms with Crippen molar-refractivity contribution in [2.45, 2.75) is 39.2 Å². The van der Waals surface area contributed by atoms with E-state index in [0.29, 0.717) is 78.6 Å². The number of nitrogens with zero attached hydrogens (tertiary/aromatic N) is 4. The number of aromatic nitrogens is 2. The number of nitrogens with one attached hydrogen (secondary N) is 1. The van der Waals surface area contributed by atoms with Gasteiger partial charge >= 0.3 is 0 Å². The Kier molecular flexibility index (Phi) is 7.52. The van der Waals surface area contributed by atoms with Crippen molar-refractivity contribution in [1.29, 1.82) is 0 Å². The lowest BCUT2D eigenvalue weighted by atomic mass is 9.78. The van der Waals surface area contributed by atoms with Crippen molar-refractivity contribution in [3.8, 4) is 11.1 Å². The van der Waals surface area contributed by atoms with E-state index in [-0.39, 0.29) is 40.5 Å². The Morgan fingerprint density at radius 2 is 1.83 bits per heavy atom. The number of hydrogen-bond acceptors (Lipinski definition) is 7. The van der Waals surface area contributed by atoms with E-state index in [1.807, 2.05) is 30.3 Å². The van der Waals surface area contributed by atoms with Gasteiger partial charge in [0, 0.05) is 55.8 Å². The number of fused-ring (bicyclic) bond motifs is 1. The summed E-state index contributed by atoms with van der Waals surface area (Å²) in [7, 11) is 1.67. The summed E-state index contributed by atoms with van der Waals surface area (Å²) >= 11 is 0. The number of ether oxygens (including phenoxy) is 1. The fraction of sp³-hybridized carbons (Fsp3) is 0.351. The fourth-order valence-electron chi connectivity index (χ4n) is 6.79. The van der Waals surface area contributed by atoms with Crippen molar-refractivity contribution in [3.05, 3.63) is 105 Å². The first-order chi connectivity index (χ1) is 22.5. The predicted molar refractivity (Wildman–Crippen MR) is 180 cm³/mol. The third-order valence-electron chi connectivity index (χ3n) is 9.58. The molecule has 2 N–H and O–H groups in total. The van der Waals surface area contributed by atoms with Crippen LogP contribution in [0.2, 0.25) is 0 Å². The number of hydrogen-bond donors (Lipinski definition) is 2. The molecule has 3 aliphatic rings. The van der Waals surface area contributed by atoms with Crippen LogP contribution in [-0.4, -0.2) is 64.2 Å². The van der Waals surface area contributed by atoms with Gasteiger partial charge < -0.3 is 29.5 Å². The molecule has 10 heteroatoms. The summed E-state index contributed by atoms with van der Waals surface area (Å²) in [4.78, 5) is 47.8. The van der Waals surface area contributed by atoms with E-state index in [1.165, 1.54) is 16.3 Å². The maximum Gasteiger partial charge on any atom is 0.274 e. The molecule has 4 aromatic rings. The average Bonchev–Trinajstić information content (AvgIpc) is 3.01. The molecule has 2 fully saturated rings. The Morgan fingerprint density at radius 1 is 1.04 bits per heavy atom. The van der Waals surface area contributed by atoms with Gasteiger partial charge in [-0.2, -0.15) is 0 Å². The number of amides is 2. The van der Waals surface area contributed by atoms with E-state index in [9.17, 15) is 19.5 Å². The van der Waals surface area contributed by atoms with E-state index in [4.69, 9.17) is 4.74 Å². The minimum absolute atomic E-state index is 0.0148. The quantitative estimate of drug-likeness (QED) is 0.317. The largest absolute Gasteiger partial charge is 0.392 e. The van der Waals surface area contributed by atoms with Crippen LogP contribution >= 0.6 is 0 Å². The van der Waals surface area contributed by atoms with Gasteiger partial charge in [-0.3, -0.25) is 14.4 Å². The van der Waals surface area contributed by atoms with E-state index in [1.54, 1.807) is 41.2 Å². The molecular formula is C37H39N5O5. The highest BCUT2D eigenvalue weighted by Crippen LogP contribution is 2.39. The normalized spacial score (nSPS) is 16.8. The first-order valence-electron chi connectivity index (χ1n) is 16.0. The number of anilines is 3. The lowest BCUT2D eigenvalue weighted by molar-refractivity contribution is -0.176. The molecule has 2 aromatic heterocycles. The Bertz CT molecular complexity index is 1950. The zero-order valence-corrected chi connectivity index (χ0v) is 27.2. The van der Waals surface area contributed by atoms with Crippen molar-refractivity contribution in [2.75, 3.05) is 43.1 Å². The van der Waals surface area contributed by atoms with Gasteiger partial charge in [-0.1, -0.05) is 45.0 Å². The van der Waals surface area contributed by atoms with E-state index in [0.717, 1.165) is 5.56 Å². The first-order valence-corrected chi connectivity index (χ1v) is 16.0. The number of pyridine rings is 2. The molecule has 0 saturated carbocycles. The summed E-state index contributed by atoms with van der Waals surface area (Å²) < 4.78 is 6.78. The molecule has 0 aliphatic carbocycles. The minimum atomic E-state index is -0.293. The second-order valence-corrected chi connectivity index (χ2v) is 14.1. The van der Waals surface area contributed by atoms with Gasteiger partial charge in [-0.15, -0.1) is 0 Å². The van der Waals surface area contributed by atoms with Crippen LogP contribution < -0.4 is 15.8 Å². The Hall–Kier alpha value is -4.80. The molecule has 1 spiro atoms. The zero-order chi connectivity index (χ0) is 33.1. The molecule has 0 unspecified atom stereocenters. The van der Waals surface area contributed by atoms with Gasteiger partial charge in [-0.25, -0.2) is 4.98 Å². The SMILES string of the molecule is Cn1cc(-c2cccc(N3CCc4cc(C(C)(C)C)ccc4C3=O)c2CO)cc(Nc2ccc(C(=O)N3CC4(COC4)C3)cn2)c1=O. The van der Waals surface area contributed by atoms with Crippen LogP contribution in [0.4, 0.5) is 17.2 Å². The Labute approximate surface area is 273 Å². The highest BCUT2D eigenvalue weighted by molar-refractivity contribution is 6.09. The third kappa shape index (κ3) is 5.51. The molecule has 2 amide bonds. The number of aryl methyl sites for hydroxylation is 1. The standard InChI is InChI=1S/C37H39N5O5/c1-36(2,3)26-9-10-28-23(14-26)12-13-42(34(28)45)31-7-5-6-27(29(31)18-43)25-15-30(35(46)40(4)17-25)39-32-11-8-24(16-38-32)33(44)41-19-37(20-41)21-47-22-37/h5-11,14-17,43H,12-13,18-22H2,1-4H3,(H,38,39). The molecule has 0 radical (unpaired) electrons. The molecular weight excluding hydrogens is 594 g/mol. The van der Waals surface area contributed by atoms with Gasteiger partial charge in [0.25, 0.3) is 17.4 Å². The number of rotatable bonds is 6. The molecule has 2 saturated heterocycles. The number of benzene rings is 2. The van der Waals surface area contributed by atoms with Crippen LogP contribution in [0.25, 0.3) is 11.1 Å². The molecule has 242 valence electrons. The smallest absolute Gasteiger partial charge is 0.274 e. The van der Waals surface area contributed by atoms with Crippen molar-refractivity contribution >= 4 is 29.0 Å². The maximum absolute atomic E-state index is 13.8. The predicted octanol–water partition coefficient (Wildman–Crippen LogP) is 4.66. The van der Waals surface area contributed by atoms with E-state index < -0.39 is 0 Å². The lowest BCUT2D eigenvalue weighted by Crippen LogP contribution is -2.67. The number of likely N-dealkylation sites (tertiary alicyclic amines) is 1. The van der Waals surface area contributed by atoms with Crippen LogP contribution in [0.1, 0.15) is 58.2 Å². The average molecular weight is 634 g/mol. The Balaban J connectivity index is 1.14.